The van der Waals surface area contributed by atoms with Gasteiger partial charge in [-0.05, 0) is 25.5 Å². The number of aliphatic carboxylic acids is 1. The van der Waals surface area contributed by atoms with Crippen LogP contribution in [-0.2, 0) is 14.3 Å². The highest BCUT2D eigenvalue weighted by atomic mass is 32.2. The van der Waals surface area contributed by atoms with Crippen LogP contribution in [0.2, 0.25) is 0 Å². The van der Waals surface area contributed by atoms with E-state index in [-0.39, 0.29) is 17.2 Å². The molecule has 0 aliphatic carbocycles. The molecule has 2 fully saturated rings. The van der Waals surface area contributed by atoms with Gasteiger partial charge in [-0.1, -0.05) is 0 Å². The number of thioether (sulfide) groups is 1. The Morgan fingerprint density at radius 2 is 2.29 bits per heavy atom. The number of carboxylic acid groups (broad SMARTS) is 1. The molecule has 1 amide bonds. The van der Waals surface area contributed by atoms with Gasteiger partial charge in [0.2, 0.25) is 5.91 Å². The molecule has 0 aromatic heterocycles. The molecule has 2 unspecified atom stereocenters. The molecule has 0 bridgehead atoms. The molecule has 2 aliphatic rings. The zero-order valence-corrected chi connectivity index (χ0v) is 10.7. The van der Waals surface area contributed by atoms with E-state index in [0.717, 1.165) is 18.6 Å². The number of amides is 1. The Kier molecular flexibility index (Phi) is 3.63. The Balaban J connectivity index is 2.01. The smallest absolute Gasteiger partial charge is 0.334 e. The Morgan fingerprint density at radius 3 is 2.88 bits per heavy atom. The van der Waals surface area contributed by atoms with Gasteiger partial charge >= 0.3 is 5.97 Å². The molecule has 0 saturated carbocycles. The van der Waals surface area contributed by atoms with Crippen molar-refractivity contribution in [2.75, 3.05) is 25.4 Å². The number of rotatable bonds is 2. The number of carbonyl (C=O) groups is 2. The van der Waals surface area contributed by atoms with Gasteiger partial charge in [0.05, 0.1) is 17.9 Å². The molecule has 6 heteroatoms. The number of nitrogens with zero attached hydrogens (tertiary/aromatic N) is 1. The molecule has 96 valence electrons. The van der Waals surface area contributed by atoms with E-state index in [1.807, 2.05) is 6.92 Å². The maximum atomic E-state index is 12.3. The van der Waals surface area contributed by atoms with Crippen molar-refractivity contribution < 1.29 is 19.4 Å². The second kappa shape index (κ2) is 4.86. The average molecular weight is 259 g/mol. The molecule has 5 nitrogen and oxygen atoms in total. The van der Waals surface area contributed by atoms with E-state index in [0.29, 0.717) is 13.2 Å². The van der Waals surface area contributed by atoms with Crippen LogP contribution in [0.25, 0.3) is 0 Å². The fourth-order valence-electron chi connectivity index (χ4n) is 2.27. The summed E-state index contributed by atoms with van der Waals surface area (Å²) in [6.45, 7) is 2.94. The average Bonchev–Trinajstić information content (AvgIpc) is 2.76. The van der Waals surface area contributed by atoms with E-state index in [4.69, 9.17) is 9.84 Å². The lowest BCUT2D eigenvalue weighted by Crippen LogP contribution is -2.53. The minimum Gasteiger partial charge on any atom is -0.479 e. The van der Waals surface area contributed by atoms with Crippen molar-refractivity contribution in [2.24, 2.45) is 0 Å². The van der Waals surface area contributed by atoms with Crippen molar-refractivity contribution in [3.8, 4) is 0 Å². The molecule has 17 heavy (non-hydrogen) atoms. The van der Waals surface area contributed by atoms with Crippen molar-refractivity contribution in [1.29, 1.82) is 0 Å². The normalized spacial score (nSPS) is 33.7. The molecule has 0 aromatic carbocycles. The molecule has 0 spiro atoms. The van der Waals surface area contributed by atoms with Gasteiger partial charge in [-0.15, -0.1) is 11.8 Å². The Morgan fingerprint density at radius 1 is 1.53 bits per heavy atom. The van der Waals surface area contributed by atoms with Crippen LogP contribution in [0.3, 0.4) is 0 Å². The molecular weight excluding hydrogens is 242 g/mol. The molecule has 2 atom stereocenters. The summed E-state index contributed by atoms with van der Waals surface area (Å²) in [7, 11) is 0. The van der Waals surface area contributed by atoms with E-state index < -0.39 is 12.1 Å². The third kappa shape index (κ3) is 2.57. The van der Waals surface area contributed by atoms with E-state index >= 15 is 0 Å². The lowest BCUT2D eigenvalue weighted by atomic mass is 10.0. The quantitative estimate of drug-likeness (QED) is 0.786. The highest BCUT2D eigenvalue weighted by Crippen LogP contribution is 2.39. The number of hydrogen-bond acceptors (Lipinski definition) is 4. The van der Waals surface area contributed by atoms with E-state index in [1.165, 1.54) is 0 Å². The molecule has 2 aliphatic heterocycles. The van der Waals surface area contributed by atoms with Gasteiger partial charge in [-0.2, -0.15) is 0 Å². The molecule has 1 N–H and O–H groups in total. The van der Waals surface area contributed by atoms with Crippen molar-refractivity contribution in [3.63, 3.8) is 0 Å². The van der Waals surface area contributed by atoms with Crippen LogP contribution in [0.15, 0.2) is 0 Å². The second-order valence-electron chi connectivity index (χ2n) is 4.63. The summed E-state index contributed by atoms with van der Waals surface area (Å²) in [5, 5.41) is 8.90. The predicted octanol–water partition coefficient (Wildman–Crippen LogP) is 0.584. The Hall–Kier alpha value is -0.750. The van der Waals surface area contributed by atoms with Crippen molar-refractivity contribution in [1.82, 2.24) is 4.90 Å². The standard InChI is InChI=1S/C11H17NO4S/c1-11(3-2-6-17-11)10(15)12-4-5-16-8(7-12)9(13)14/h8H,2-7H2,1H3,(H,13,14). The lowest BCUT2D eigenvalue weighted by molar-refractivity contribution is -0.160. The van der Waals surface area contributed by atoms with Crippen LogP contribution in [-0.4, -0.2) is 58.2 Å². The van der Waals surface area contributed by atoms with Crippen molar-refractivity contribution in [2.45, 2.75) is 30.6 Å². The summed E-state index contributed by atoms with van der Waals surface area (Å²) in [5.74, 6) is 0.0795. The number of carbonyl (C=O) groups excluding carboxylic acids is 1. The maximum absolute atomic E-state index is 12.3. The number of morpholine rings is 1. The van der Waals surface area contributed by atoms with Crippen LogP contribution < -0.4 is 0 Å². The van der Waals surface area contributed by atoms with Crippen LogP contribution in [0.4, 0.5) is 0 Å². The second-order valence-corrected chi connectivity index (χ2v) is 6.23. The minimum absolute atomic E-state index is 0.0644. The first kappa shape index (κ1) is 12.7. The summed E-state index contributed by atoms with van der Waals surface area (Å²) in [5.41, 5.74) is 0. The van der Waals surface area contributed by atoms with Gasteiger partial charge in [-0.25, -0.2) is 4.79 Å². The summed E-state index contributed by atoms with van der Waals surface area (Å²) < 4.78 is 4.75. The molecule has 0 aromatic rings. The third-order valence-corrected chi connectivity index (χ3v) is 4.81. The fraction of sp³-hybridized carbons (Fsp3) is 0.818. The Labute approximate surface area is 104 Å². The highest BCUT2D eigenvalue weighted by molar-refractivity contribution is 8.01. The van der Waals surface area contributed by atoms with Crippen LogP contribution in [0, 0.1) is 0 Å². The molecule has 0 radical (unpaired) electrons. The van der Waals surface area contributed by atoms with Crippen LogP contribution in [0.1, 0.15) is 19.8 Å². The first-order chi connectivity index (χ1) is 8.03. The van der Waals surface area contributed by atoms with Gasteiger partial charge in [0.25, 0.3) is 0 Å². The maximum Gasteiger partial charge on any atom is 0.334 e. The third-order valence-electron chi connectivity index (χ3n) is 3.30. The SMILES string of the molecule is CC1(C(=O)N2CCOC(C(=O)O)C2)CCCS1. The van der Waals surface area contributed by atoms with Crippen molar-refractivity contribution in [3.05, 3.63) is 0 Å². The summed E-state index contributed by atoms with van der Waals surface area (Å²) in [6, 6.07) is 0. The zero-order chi connectivity index (χ0) is 12.5. The van der Waals surface area contributed by atoms with Crippen molar-refractivity contribution >= 4 is 23.6 Å². The molecule has 2 rings (SSSR count). The number of ether oxygens (including phenoxy) is 1. The van der Waals surface area contributed by atoms with Gasteiger partial charge in [0.15, 0.2) is 6.10 Å². The van der Waals surface area contributed by atoms with Gasteiger partial charge in [-0.3, -0.25) is 4.79 Å². The largest absolute Gasteiger partial charge is 0.479 e. The van der Waals surface area contributed by atoms with Gasteiger partial charge in [0.1, 0.15) is 0 Å². The van der Waals surface area contributed by atoms with Gasteiger partial charge in [0, 0.05) is 6.54 Å². The predicted molar refractivity (Wildman–Crippen MR) is 64.1 cm³/mol. The summed E-state index contributed by atoms with van der Waals surface area (Å²) in [6.07, 6.45) is 1.06. The fourth-order valence-corrected chi connectivity index (χ4v) is 3.55. The minimum atomic E-state index is -0.994. The molecular formula is C11H17NO4S. The van der Waals surface area contributed by atoms with E-state index in [2.05, 4.69) is 0 Å². The Bertz CT molecular complexity index is 327. The van der Waals surface area contributed by atoms with Crippen LogP contribution in [0.5, 0.6) is 0 Å². The first-order valence-electron chi connectivity index (χ1n) is 5.81. The number of hydrogen-bond donors (Lipinski definition) is 1. The van der Waals surface area contributed by atoms with E-state index in [1.54, 1.807) is 16.7 Å². The van der Waals surface area contributed by atoms with E-state index in [9.17, 15) is 9.59 Å². The highest BCUT2D eigenvalue weighted by Gasteiger charge is 2.42. The van der Waals surface area contributed by atoms with Crippen LogP contribution >= 0.6 is 11.8 Å². The molecule has 2 heterocycles. The molecule has 2 saturated heterocycles. The number of carboxylic acids is 1. The summed E-state index contributed by atoms with van der Waals surface area (Å²) >= 11 is 1.68. The van der Waals surface area contributed by atoms with Gasteiger partial charge < -0.3 is 14.7 Å². The topological polar surface area (TPSA) is 66.8 Å². The summed E-state index contributed by atoms with van der Waals surface area (Å²) in [4.78, 5) is 24.8. The first-order valence-corrected chi connectivity index (χ1v) is 6.79. The zero-order valence-electron chi connectivity index (χ0n) is 9.85. The lowest BCUT2D eigenvalue weighted by Gasteiger charge is -2.35. The monoisotopic (exact) mass is 259 g/mol.